The van der Waals surface area contributed by atoms with Crippen molar-refractivity contribution >= 4 is 11.6 Å². The topological polar surface area (TPSA) is 40.5 Å². The van der Waals surface area contributed by atoms with Crippen LogP contribution in [0.2, 0.25) is 5.02 Å². The van der Waals surface area contributed by atoms with Crippen LogP contribution in [0.1, 0.15) is 12.0 Å². The van der Waals surface area contributed by atoms with E-state index < -0.39 is 0 Å². The molecular formula is C11H15ClO2. The maximum Gasteiger partial charge on any atom is 0.0481 e. The minimum atomic E-state index is -0.0359. The van der Waals surface area contributed by atoms with E-state index in [4.69, 9.17) is 21.8 Å². The molecule has 78 valence electrons. The van der Waals surface area contributed by atoms with Crippen LogP contribution in [0.4, 0.5) is 0 Å². The lowest BCUT2D eigenvalue weighted by Gasteiger charge is -2.10. The fourth-order valence-corrected chi connectivity index (χ4v) is 1.53. The number of halogens is 1. The molecule has 0 bridgehead atoms. The van der Waals surface area contributed by atoms with Crippen molar-refractivity contribution in [2.45, 2.75) is 12.8 Å². The van der Waals surface area contributed by atoms with Crippen molar-refractivity contribution in [2.24, 2.45) is 5.92 Å². The molecule has 0 spiro atoms. The highest BCUT2D eigenvalue weighted by Crippen LogP contribution is 2.18. The second kappa shape index (κ2) is 6.02. The van der Waals surface area contributed by atoms with E-state index in [9.17, 15) is 0 Å². The second-order valence-corrected chi connectivity index (χ2v) is 3.77. The number of hydrogen-bond acceptors (Lipinski definition) is 2. The second-order valence-electron chi connectivity index (χ2n) is 3.36. The predicted molar refractivity (Wildman–Crippen MR) is 57.4 cm³/mol. The molecule has 0 aliphatic carbocycles. The number of benzene rings is 1. The van der Waals surface area contributed by atoms with Gasteiger partial charge in [-0.2, -0.15) is 0 Å². The van der Waals surface area contributed by atoms with E-state index in [0.717, 1.165) is 23.4 Å². The van der Waals surface area contributed by atoms with Gasteiger partial charge in [0.05, 0.1) is 0 Å². The summed E-state index contributed by atoms with van der Waals surface area (Å²) in [5.74, 6) is -0.0359. The van der Waals surface area contributed by atoms with Crippen LogP contribution in [-0.2, 0) is 6.42 Å². The first-order valence-electron chi connectivity index (χ1n) is 4.73. The van der Waals surface area contributed by atoms with Crippen LogP contribution in [0.15, 0.2) is 24.3 Å². The van der Waals surface area contributed by atoms with Gasteiger partial charge >= 0.3 is 0 Å². The van der Waals surface area contributed by atoms with Crippen LogP contribution in [0.3, 0.4) is 0 Å². The number of rotatable bonds is 5. The highest BCUT2D eigenvalue weighted by molar-refractivity contribution is 6.31. The summed E-state index contributed by atoms with van der Waals surface area (Å²) in [6, 6.07) is 7.65. The third kappa shape index (κ3) is 3.29. The minimum Gasteiger partial charge on any atom is -0.396 e. The van der Waals surface area contributed by atoms with Crippen molar-refractivity contribution in [3.05, 3.63) is 34.9 Å². The van der Waals surface area contributed by atoms with Gasteiger partial charge in [-0.1, -0.05) is 29.8 Å². The number of hydrogen-bond donors (Lipinski definition) is 2. The molecule has 2 N–H and O–H groups in total. The van der Waals surface area contributed by atoms with Crippen molar-refractivity contribution in [1.82, 2.24) is 0 Å². The molecule has 14 heavy (non-hydrogen) atoms. The first-order valence-corrected chi connectivity index (χ1v) is 5.11. The quantitative estimate of drug-likeness (QED) is 0.786. The van der Waals surface area contributed by atoms with Crippen LogP contribution >= 0.6 is 11.6 Å². The van der Waals surface area contributed by atoms with E-state index in [1.165, 1.54) is 0 Å². The maximum atomic E-state index is 8.88. The van der Waals surface area contributed by atoms with Gasteiger partial charge in [-0.05, 0) is 24.5 Å². The molecule has 0 saturated heterocycles. The Morgan fingerprint density at radius 2 is 1.79 bits per heavy atom. The van der Waals surface area contributed by atoms with E-state index in [1.807, 2.05) is 24.3 Å². The fourth-order valence-electron chi connectivity index (χ4n) is 1.30. The highest BCUT2D eigenvalue weighted by atomic mass is 35.5. The monoisotopic (exact) mass is 214 g/mol. The van der Waals surface area contributed by atoms with Crippen LogP contribution in [-0.4, -0.2) is 23.4 Å². The molecule has 0 radical (unpaired) electrons. The van der Waals surface area contributed by atoms with Crippen LogP contribution in [0, 0.1) is 5.92 Å². The van der Waals surface area contributed by atoms with Gasteiger partial charge in [0.25, 0.3) is 0 Å². The molecule has 0 saturated carbocycles. The molecule has 1 aromatic rings. The summed E-state index contributed by atoms with van der Waals surface area (Å²) in [4.78, 5) is 0. The lowest BCUT2D eigenvalue weighted by molar-refractivity contribution is 0.144. The van der Waals surface area contributed by atoms with Gasteiger partial charge in [0.15, 0.2) is 0 Å². The zero-order valence-corrected chi connectivity index (χ0v) is 8.74. The predicted octanol–water partition coefficient (Wildman–Crippen LogP) is 1.87. The van der Waals surface area contributed by atoms with Crippen LogP contribution in [0.25, 0.3) is 0 Å². The molecule has 3 heteroatoms. The molecule has 0 heterocycles. The van der Waals surface area contributed by atoms with E-state index in [2.05, 4.69) is 0 Å². The Balaban J connectivity index is 2.49. The Hall–Kier alpha value is -0.570. The van der Waals surface area contributed by atoms with Gasteiger partial charge in [-0.25, -0.2) is 0 Å². The van der Waals surface area contributed by atoms with Crippen LogP contribution in [0.5, 0.6) is 0 Å². The summed E-state index contributed by atoms with van der Waals surface area (Å²) in [5, 5.41) is 18.5. The van der Waals surface area contributed by atoms with Gasteiger partial charge in [-0.3, -0.25) is 0 Å². The van der Waals surface area contributed by atoms with Crippen molar-refractivity contribution in [3.63, 3.8) is 0 Å². The lowest BCUT2D eigenvalue weighted by Crippen LogP contribution is -2.11. The molecule has 0 aliphatic heterocycles. The Morgan fingerprint density at radius 3 is 2.36 bits per heavy atom. The number of aryl methyl sites for hydroxylation is 1. The van der Waals surface area contributed by atoms with E-state index >= 15 is 0 Å². The summed E-state index contributed by atoms with van der Waals surface area (Å²) in [7, 11) is 0. The zero-order chi connectivity index (χ0) is 10.4. The molecule has 1 rings (SSSR count). The highest BCUT2D eigenvalue weighted by Gasteiger charge is 2.07. The van der Waals surface area contributed by atoms with Gasteiger partial charge in [0.2, 0.25) is 0 Å². The summed E-state index contributed by atoms with van der Waals surface area (Å²) >= 11 is 5.97. The van der Waals surface area contributed by atoms with E-state index in [1.54, 1.807) is 0 Å². The standard InChI is InChI=1S/C11H15ClO2/c12-11-4-2-1-3-10(11)6-5-9(7-13)8-14/h1-4,9,13-14H,5-8H2. The fraction of sp³-hybridized carbons (Fsp3) is 0.455. The summed E-state index contributed by atoms with van der Waals surface area (Å²) in [6.45, 7) is 0.0574. The Labute approximate surface area is 89.1 Å². The van der Waals surface area contributed by atoms with Gasteiger partial charge < -0.3 is 10.2 Å². The number of aliphatic hydroxyl groups is 2. The Bertz CT molecular complexity index is 272. The normalized spacial score (nSPS) is 10.9. The molecule has 2 nitrogen and oxygen atoms in total. The molecule has 0 aromatic heterocycles. The largest absolute Gasteiger partial charge is 0.396 e. The lowest BCUT2D eigenvalue weighted by atomic mass is 10.0. The summed E-state index contributed by atoms with van der Waals surface area (Å²) in [6.07, 6.45) is 1.56. The maximum absolute atomic E-state index is 8.88. The molecule has 0 aliphatic rings. The summed E-state index contributed by atoms with van der Waals surface area (Å²) in [5.41, 5.74) is 1.07. The van der Waals surface area contributed by atoms with Gasteiger partial charge in [-0.15, -0.1) is 0 Å². The van der Waals surface area contributed by atoms with Crippen molar-refractivity contribution in [1.29, 1.82) is 0 Å². The first-order chi connectivity index (χ1) is 6.77. The number of aliphatic hydroxyl groups excluding tert-OH is 2. The van der Waals surface area contributed by atoms with Crippen molar-refractivity contribution in [2.75, 3.05) is 13.2 Å². The van der Waals surface area contributed by atoms with E-state index in [-0.39, 0.29) is 19.1 Å². The SMILES string of the molecule is OCC(CO)CCc1ccccc1Cl. The minimum absolute atomic E-state index is 0.0287. The third-order valence-electron chi connectivity index (χ3n) is 2.30. The molecule has 0 atom stereocenters. The van der Waals surface area contributed by atoms with Crippen molar-refractivity contribution in [3.8, 4) is 0 Å². The van der Waals surface area contributed by atoms with E-state index in [0.29, 0.717) is 0 Å². The smallest absolute Gasteiger partial charge is 0.0481 e. The molecular weight excluding hydrogens is 200 g/mol. The molecule has 0 amide bonds. The third-order valence-corrected chi connectivity index (χ3v) is 2.66. The van der Waals surface area contributed by atoms with Crippen LogP contribution < -0.4 is 0 Å². The molecule has 0 unspecified atom stereocenters. The zero-order valence-electron chi connectivity index (χ0n) is 7.99. The average molecular weight is 215 g/mol. The first kappa shape index (κ1) is 11.5. The van der Waals surface area contributed by atoms with Crippen molar-refractivity contribution < 1.29 is 10.2 Å². The Kier molecular flexibility index (Phi) is 4.94. The van der Waals surface area contributed by atoms with Gasteiger partial charge in [0, 0.05) is 24.2 Å². The molecule has 0 fully saturated rings. The molecule has 1 aromatic carbocycles. The summed E-state index contributed by atoms with van der Waals surface area (Å²) < 4.78 is 0. The Morgan fingerprint density at radius 1 is 1.14 bits per heavy atom. The van der Waals surface area contributed by atoms with Gasteiger partial charge in [0.1, 0.15) is 0 Å². The average Bonchev–Trinajstić information content (AvgIpc) is 2.22.